The van der Waals surface area contributed by atoms with E-state index in [4.69, 9.17) is 14.6 Å². The van der Waals surface area contributed by atoms with E-state index in [0.717, 1.165) is 6.42 Å². The normalized spacial score (nSPS) is 12.2. The first-order valence-electron chi connectivity index (χ1n) is 6.80. The van der Waals surface area contributed by atoms with Crippen molar-refractivity contribution in [1.29, 1.82) is 0 Å². The Morgan fingerprint density at radius 2 is 2.00 bits per heavy atom. The summed E-state index contributed by atoms with van der Waals surface area (Å²) in [4.78, 5) is 12.8. The molecule has 1 aromatic rings. The molecule has 20 heavy (non-hydrogen) atoms. The van der Waals surface area contributed by atoms with Crippen molar-refractivity contribution in [2.75, 3.05) is 26.8 Å². The number of para-hydroxylation sites is 2. The summed E-state index contributed by atoms with van der Waals surface area (Å²) in [5.41, 5.74) is 0. The largest absolute Gasteiger partial charge is 0.493 e. The van der Waals surface area contributed by atoms with Crippen LogP contribution in [0.2, 0.25) is 0 Å². The second-order valence-electron chi connectivity index (χ2n) is 4.62. The number of methoxy groups -OCH3 is 1. The molecule has 0 heterocycles. The van der Waals surface area contributed by atoms with Crippen LogP contribution >= 0.6 is 0 Å². The third kappa shape index (κ3) is 5.09. The molecule has 0 amide bonds. The summed E-state index contributed by atoms with van der Waals surface area (Å²) in [7, 11) is 1.60. The number of ether oxygens (including phenoxy) is 2. The first-order chi connectivity index (χ1) is 9.58. The van der Waals surface area contributed by atoms with Gasteiger partial charge in [0.25, 0.3) is 0 Å². The van der Waals surface area contributed by atoms with Crippen LogP contribution in [0.5, 0.6) is 11.5 Å². The van der Waals surface area contributed by atoms with Gasteiger partial charge in [-0.3, -0.25) is 9.69 Å². The molecule has 0 saturated carbocycles. The van der Waals surface area contributed by atoms with E-state index in [1.54, 1.807) is 7.11 Å². The number of benzene rings is 1. The predicted molar refractivity (Wildman–Crippen MR) is 77.5 cm³/mol. The molecule has 5 nitrogen and oxygen atoms in total. The Balaban J connectivity index is 2.53. The fourth-order valence-corrected chi connectivity index (χ4v) is 1.90. The maximum atomic E-state index is 10.9. The van der Waals surface area contributed by atoms with E-state index < -0.39 is 5.97 Å². The number of carbonyl (C=O) groups is 1. The van der Waals surface area contributed by atoms with Gasteiger partial charge in [0.15, 0.2) is 11.5 Å². The lowest BCUT2D eigenvalue weighted by atomic mass is 10.2. The first kappa shape index (κ1) is 16.3. The Labute approximate surface area is 120 Å². The number of carboxylic acids is 1. The molecule has 0 fully saturated rings. The van der Waals surface area contributed by atoms with Gasteiger partial charge in [0.05, 0.1) is 13.7 Å². The molecule has 0 radical (unpaired) electrons. The molecular weight excluding hydrogens is 258 g/mol. The highest BCUT2D eigenvalue weighted by atomic mass is 16.5. The van der Waals surface area contributed by atoms with Gasteiger partial charge >= 0.3 is 5.97 Å². The molecule has 5 heteroatoms. The number of aliphatic carboxylic acids is 1. The van der Waals surface area contributed by atoms with Gasteiger partial charge in [-0.15, -0.1) is 0 Å². The average Bonchev–Trinajstić information content (AvgIpc) is 2.45. The number of hydrogen-bond donors (Lipinski definition) is 1. The van der Waals surface area contributed by atoms with Crippen molar-refractivity contribution in [3.8, 4) is 11.5 Å². The smallest absolute Gasteiger partial charge is 0.317 e. The van der Waals surface area contributed by atoms with E-state index in [1.807, 2.05) is 43.0 Å². The van der Waals surface area contributed by atoms with Gasteiger partial charge in [-0.25, -0.2) is 0 Å². The summed E-state index contributed by atoms with van der Waals surface area (Å²) in [6.45, 7) is 5.09. The monoisotopic (exact) mass is 281 g/mol. The van der Waals surface area contributed by atoms with E-state index in [1.165, 1.54) is 0 Å². The van der Waals surface area contributed by atoms with Crippen LogP contribution < -0.4 is 9.47 Å². The van der Waals surface area contributed by atoms with Gasteiger partial charge < -0.3 is 14.6 Å². The molecule has 0 aliphatic carbocycles. The third-order valence-electron chi connectivity index (χ3n) is 3.26. The molecule has 1 atom stereocenters. The lowest BCUT2D eigenvalue weighted by Crippen LogP contribution is -2.39. The topological polar surface area (TPSA) is 59.0 Å². The Bertz CT molecular complexity index is 422. The molecule has 1 rings (SSSR count). The minimum absolute atomic E-state index is 0.0320. The number of nitrogens with zero attached hydrogens (tertiary/aromatic N) is 1. The molecule has 112 valence electrons. The second kappa shape index (κ2) is 8.43. The van der Waals surface area contributed by atoms with Crippen LogP contribution in [0.3, 0.4) is 0 Å². The van der Waals surface area contributed by atoms with Crippen LogP contribution in [-0.4, -0.2) is 48.8 Å². The first-order valence-corrected chi connectivity index (χ1v) is 6.80. The molecule has 1 unspecified atom stereocenters. The zero-order valence-electron chi connectivity index (χ0n) is 12.3. The average molecular weight is 281 g/mol. The van der Waals surface area contributed by atoms with Crippen LogP contribution in [0.15, 0.2) is 24.3 Å². The fraction of sp³-hybridized carbons (Fsp3) is 0.533. The molecule has 0 aliphatic heterocycles. The SMILES string of the molecule is CCC(C)N(CCOc1ccccc1OC)CC(=O)O. The third-order valence-corrected chi connectivity index (χ3v) is 3.26. The predicted octanol–water partition coefficient (Wildman–Crippen LogP) is 2.26. The Morgan fingerprint density at radius 3 is 2.55 bits per heavy atom. The van der Waals surface area contributed by atoms with Gasteiger partial charge in [-0.2, -0.15) is 0 Å². The quantitative estimate of drug-likeness (QED) is 0.752. The highest BCUT2D eigenvalue weighted by Crippen LogP contribution is 2.25. The standard InChI is InChI=1S/C15H23NO4/c1-4-12(2)16(11-15(17)18)9-10-20-14-8-6-5-7-13(14)19-3/h5-8,12H,4,9-11H2,1-3H3,(H,17,18). The van der Waals surface area contributed by atoms with E-state index in [-0.39, 0.29) is 12.6 Å². The number of rotatable bonds is 9. The van der Waals surface area contributed by atoms with Gasteiger partial charge in [-0.05, 0) is 25.5 Å². The van der Waals surface area contributed by atoms with Crippen molar-refractivity contribution in [1.82, 2.24) is 4.90 Å². The van der Waals surface area contributed by atoms with Crippen molar-refractivity contribution >= 4 is 5.97 Å². The molecule has 0 saturated heterocycles. The molecule has 0 aromatic heterocycles. The van der Waals surface area contributed by atoms with Gasteiger partial charge in [0, 0.05) is 12.6 Å². The van der Waals surface area contributed by atoms with Crippen molar-refractivity contribution in [3.05, 3.63) is 24.3 Å². The fourth-order valence-electron chi connectivity index (χ4n) is 1.90. The molecular formula is C15H23NO4. The summed E-state index contributed by atoms with van der Waals surface area (Å²) in [6.07, 6.45) is 0.905. The number of hydrogen-bond acceptors (Lipinski definition) is 4. The lowest BCUT2D eigenvalue weighted by Gasteiger charge is -2.26. The van der Waals surface area contributed by atoms with Gasteiger partial charge in [-0.1, -0.05) is 19.1 Å². The van der Waals surface area contributed by atoms with E-state index in [0.29, 0.717) is 24.7 Å². The Hall–Kier alpha value is -1.75. The highest BCUT2D eigenvalue weighted by molar-refractivity contribution is 5.69. The number of carboxylic acid groups (broad SMARTS) is 1. The summed E-state index contributed by atoms with van der Waals surface area (Å²) in [5.74, 6) is 0.540. The Kier molecular flexibility index (Phi) is 6.87. The maximum absolute atomic E-state index is 10.9. The van der Waals surface area contributed by atoms with Gasteiger partial charge in [0.1, 0.15) is 6.61 Å². The van der Waals surface area contributed by atoms with Gasteiger partial charge in [0.2, 0.25) is 0 Å². The molecule has 0 spiro atoms. The second-order valence-corrected chi connectivity index (χ2v) is 4.62. The van der Waals surface area contributed by atoms with Crippen molar-refractivity contribution in [3.63, 3.8) is 0 Å². The van der Waals surface area contributed by atoms with Crippen LogP contribution in [0.4, 0.5) is 0 Å². The summed E-state index contributed by atoms with van der Waals surface area (Å²) >= 11 is 0. The van der Waals surface area contributed by atoms with E-state index >= 15 is 0 Å². The lowest BCUT2D eigenvalue weighted by molar-refractivity contribution is -0.139. The molecule has 0 bridgehead atoms. The van der Waals surface area contributed by atoms with Crippen LogP contribution in [0.25, 0.3) is 0 Å². The highest BCUT2D eigenvalue weighted by Gasteiger charge is 2.15. The minimum atomic E-state index is -0.817. The summed E-state index contributed by atoms with van der Waals surface area (Å²) in [5, 5.41) is 8.92. The zero-order chi connectivity index (χ0) is 15.0. The van der Waals surface area contributed by atoms with Crippen molar-refractivity contribution in [2.45, 2.75) is 26.3 Å². The zero-order valence-corrected chi connectivity index (χ0v) is 12.3. The molecule has 1 aromatic carbocycles. The maximum Gasteiger partial charge on any atom is 0.317 e. The van der Waals surface area contributed by atoms with E-state index in [9.17, 15) is 4.79 Å². The van der Waals surface area contributed by atoms with Crippen molar-refractivity contribution in [2.24, 2.45) is 0 Å². The van der Waals surface area contributed by atoms with E-state index in [2.05, 4.69) is 0 Å². The van der Waals surface area contributed by atoms with Crippen LogP contribution in [0.1, 0.15) is 20.3 Å². The molecule has 0 aliphatic rings. The Morgan fingerprint density at radius 1 is 1.35 bits per heavy atom. The summed E-state index contributed by atoms with van der Waals surface area (Å²) in [6, 6.07) is 7.64. The summed E-state index contributed by atoms with van der Waals surface area (Å²) < 4.78 is 10.9. The minimum Gasteiger partial charge on any atom is -0.493 e. The van der Waals surface area contributed by atoms with Crippen LogP contribution in [0, 0.1) is 0 Å². The van der Waals surface area contributed by atoms with Crippen LogP contribution in [-0.2, 0) is 4.79 Å². The molecule has 1 N–H and O–H groups in total. The van der Waals surface area contributed by atoms with Crippen molar-refractivity contribution < 1.29 is 19.4 Å².